The molecule has 10 heteroatoms. The Morgan fingerprint density at radius 1 is 0.463 bits per heavy atom. The third kappa shape index (κ3) is 59.3. The molecule has 0 spiro atoms. The van der Waals surface area contributed by atoms with Gasteiger partial charge in [0.1, 0.15) is 19.3 Å². The molecule has 0 aliphatic heterocycles. The molecule has 0 bridgehead atoms. The van der Waals surface area contributed by atoms with Crippen molar-refractivity contribution in [3.05, 3.63) is 109 Å². The highest BCUT2D eigenvalue weighted by atomic mass is 31.2. The molecule has 2 N–H and O–H groups in total. The Hall–Kier alpha value is -3.33. The van der Waals surface area contributed by atoms with Gasteiger partial charge in [-0.1, -0.05) is 272 Å². The number of carbonyl (C=O) groups is 2. The predicted octanol–water partition coefficient (Wildman–Crippen LogP) is 20.5. The molecule has 0 fully saturated rings. The number of allylic oxidation sites excluding steroid dienone is 17. The Morgan fingerprint density at radius 3 is 1.34 bits per heavy atom. The second-order valence-electron chi connectivity index (χ2n) is 22.9. The van der Waals surface area contributed by atoms with E-state index in [4.69, 9.17) is 13.8 Å². The van der Waals surface area contributed by atoms with E-state index >= 15 is 0 Å². The van der Waals surface area contributed by atoms with Gasteiger partial charge in [-0.2, -0.15) is 0 Å². The van der Waals surface area contributed by atoms with E-state index in [0.29, 0.717) is 17.4 Å². The SMILES string of the molecule is CC/C=C\C/C=C\C/C=C\C/C=C\C/C=C\CCCCCCCCCCCCCC(=O)OC(/C=C\CCCCCCCCCCCC)C(COP(=O)(O)OCC[N+](C)(C)C)NC(=O)CCCCCCCCC/C=C/C=C/C=C/CC. The first-order valence-corrected chi connectivity index (χ1v) is 34.2. The van der Waals surface area contributed by atoms with Crippen LogP contribution in [0.3, 0.4) is 0 Å². The van der Waals surface area contributed by atoms with Gasteiger partial charge in [0.2, 0.25) is 5.91 Å². The number of hydrogen-bond acceptors (Lipinski definition) is 6. The summed E-state index contributed by atoms with van der Waals surface area (Å²) in [4.78, 5) is 37.8. The summed E-state index contributed by atoms with van der Waals surface area (Å²) in [6, 6.07) is -0.862. The van der Waals surface area contributed by atoms with Crippen molar-refractivity contribution in [1.82, 2.24) is 5.32 Å². The zero-order chi connectivity index (χ0) is 58.6. The van der Waals surface area contributed by atoms with Crippen molar-refractivity contribution >= 4 is 19.7 Å². The van der Waals surface area contributed by atoms with Gasteiger partial charge in [0.05, 0.1) is 33.8 Å². The number of nitrogens with zero attached hydrogens (tertiary/aromatic N) is 1. The number of likely N-dealkylation sites (N-methyl/N-ethyl adjacent to an activating group) is 1. The van der Waals surface area contributed by atoms with Crippen LogP contribution in [0.15, 0.2) is 109 Å². The molecular weight excluding hydrogens is 1010 g/mol. The van der Waals surface area contributed by atoms with Crippen LogP contribution in [0.25, 0.3) is 0 Å². The maximum absolute atomic E-state index is 13.5. The molecule has 0 heterocycles. The van der Waals surface area contributed by atoms with Crippen LogP contribution >= 0.6 is 7.82 Å². The predicted molar refractivity (Wildman–Crippen MR) is 346 cm³/mol. The van der Waals surface area contributed by atoms with Gasteiger partial charge >= 0.3 is 13.8 Å². The molecule has 0 rings (SSSR count). The standard InChI is InChI=1S/C70H123N2O7P/c1-7-10-13-16-19-22-25-28-30-31-32-33-34-35-36-37-38-39-40-41-43-45-48-51-54-57-60-63-70(74)79-68(61-58-55-52-49-46-27-24-21-18-15-12-9-3)67(66-78-80(75,76)77-65-64-72(4,5)6)71-69(73)62-59-56-53-50-47-44-42-29-26-23-20-17-14-11-8-2/h10-11,13-14,17,19-20,22-23,26,28,30,32-33,35-36,58,61,67-68H,7-9,12,15-16,18,21,24-25,27,29,31,34,37-57,59-60,62-66H2,1-6H3,(H-,71,73,75,76)/p+1/b13-10-,14-11+,20-17+,22-19-,26-23+,30-28-,33-32-,36-35-,61-58-. The maximum Gasteiger partial charge on any atom is 0.472 e. The fourth-order valence-electron chi connectivity index (χ4n) is 9.03. The van der Waals surface area contributed by atoms with Crippen molar-refractivity contribution < 1.29 is 37.3 Å². The number of amides is 1. The summed E-state index contributed by atoms with van der Waals surface area (Å²) in [5, 5.41) is 3.05. The van der Waals surface area contributed by atoms with E-state index in [9.17, 15) is 19.0 Å². The van der Waals surface area contributed by atoms with Gasteiger partial charge in [-0.05, 0) is 96.0 Å². The number of phosphoric ester groups is 1. The maximum atomic E-state index is 13.5. The summed E-state index contributed by atoms with van der Waals surface area (Å²) < 4.78 is 30.7. The Bertz CT molecular complexity index is 1740. The van der Waals surface area contributed by atoms with E-state index in [1.807, 2.05) is 33.3 Å². The van der Waals surface area contributed by atoms with Crippen LogP contribution in [0.4, 0.5) is 0 Å². The van der Waals surface area contributed by atoms with E-state index in [1.165, 1.54) is 128 Å². The van der Waals surface area contributed by atoms with Gasteiger partial charge in [-0.15, -0.1) is 0 Å². The highest BCUT2D eigenvalue weighted by molar-refractivity contribution is 7.47. The molecule has 460 valence electrons. The minimum atomic E-state index is -4.46. The number of hydrogen-bond donors (Lipinski definition) is 2. The first-order valence-electron chi connectivity index (χ1n) is 32.7. The smallest absolute Gasteiger partial charge is 0.456 e. The lowest BCUT2D eigenvalue weighted by Gasteiger charge is -2.27. The molecule has 3 atom stereocenters. The van der Waals surface area contributed by atoms with Crippen LogP contribution in [-0.2, 0) is 27.9 Å². The largest absolute Gasteiger partial charge is 0.472 e. The molecule has 0 aromatic heterocycles. The van der Waals surface area contributed by atoms with E-state index in [0.717, 1.165) is 109 Å². The first kappa shape index (κ1) is 76.7. The van der Waals surface area contributed by atoms with Crippen LogP contribution in [0, 0.1) is 0 Å². The molecule has 0 saturated heterocycles. The number of unbranched alkanes of at least 4 members (excludes halogenated alkanes) is 28. The second-order valence-corrected chi connectivity index (χ2v) is 24.4. The monoisotopic (exact) mass is 1140 g/mol. The third-order valence-corrected chi connectivity index (χ3v) is 15.0. The van der Waals surface area contributed by atoms with Crippen LogP contribution in [-0.4, -0.2) is 74.3 Å². The fraction of sp³-hybridized carbons (Fsp3) is 0.714. The molecule has 0 aliphatic rings. The van der Waals surface area contributed by atoms with Gasteiger partial charge in [0.25, 0.3) is 0 Å². The first-order chi connectivity index (χ1) is 38.9. The average molecular weight is 1140 g/mol. The molecule has 80 heavy (non-hydrogen) atoms. The lowest BCUT2D eigenvalue weighted by Crippen LogP contribution is -2.47. The molecule has 0 radical (unpaired) electrons. The van der Waals surface area contributed by atoms with Crippen LogP contribution in [0.1, 0.15) is 271 Å². The molecule has 3 unspecified atom stereocenters. The summed E-state index contributed by atoms with van der Waals surface area (Å²) in [5.41, 5.74) is 0. The lowest BCUT2D eigenvalue weighted by molar-refractivity contribution is -0.870. The van der Waals surface area contributed by atoms with Gasteiger partial charge in [0.15, 0.2) is 0 Å². The fourth-order valence-corrected chi connectivity index (χ4v) is 9.76. The van der Waals surface area contributed by atoms with Gasteiger partial charge < -0.3 is 19.4 Å². The van der Waals surface area contributed by atoms with Gasteiger partial charge in [0, 0.05) is 12.8 Å². The van der Waals surface area contributed by atoms with Crippen molar-refractivity contribution in [2.75, 3.05) is 40.9 Å². The quantitative estimate of drug-likeness (QED) is 0.0156. The number of rotatable bonds is 58. The second kappa shape index (κ2) is 58.9. The van der Waals surface area contributed by atoms with E-state index < -0.39 is 20.0 Å². The number of ether oxygens (including phenoxy) is 1. The van der Waals surface area contributed by atoms with Crippen molar-refractivity contribution in [1.29, 1.82) is 0 Å². The summed E-state index contributed by atoms with van der Waals surface area (Å²) >= 11 is 0. The van der Waals surface area contributed by atoms with Crippen molar-refractivity contribution in [2.45, 2.75) is 283 Å². The normalized spacial score (nSPS) is 14.3. The molecule has 0 aliphatic carbocycles. The summed E-state index contributed by atoms with van der Waals surface area (Å²) in [6.45, 7) is 6.76. The average Bonchev–Trinajstić information content (AvgIpc) is 3.43. The Balaban J connectivity index is 5.10. The zero-order valence-electron chi connectivity index (χ0n) is 52.5. The molecule has 9 nitrogen and oxygen atoms in total. The van der Waals surface area contributed by atoms with E-state index in [1.54, 1.807) is 0 Å². The minimum absolute atomic E-state index is 0.0325. The van der Waals surface area contributed by atoms with Gasteiger partial charge in [-0.3, -0.25) is 18.6 Å². The van der Waals surface area contributed by atoms with E-state index in [-0.39, 0.29) is 31.5 Å². The number of quaternary nitrogens is 1. The third-order valence-electron chi connectivity index (χ3n) is 14.0. The number of phosphoric acid groups is 1. The molecule has 1 amide bonds. The molecule has 0 aromatic rings. The number of esters is 1. The van der Waals surface area contributed by atoms with Gasteiger partial charge in [-0.25, -0.2) is 4.57 Å². The van der Waals surface area contributed by atoms with Crippen LogP contribution in [0.2, 0.25) is 0 Å². The Morgan fingerprint density at radius 2 is 0.863 bits per heavy atom. The summed E-state index contributed by atoms with van der Waals surface area (Å²) in [5.74, 6) is -0.525. The van der Waals surface area contributed by atoms with E-state index in [2.05, 4.69) is 123 Å². The lowest BCUT2D eigenvalue weighted by atomic mass is 10.0. The molecule has 0 saturated carbocycles. The van der Waals surface area contributed by atoms with Crippen molar-refractivity contribution in [3.63, 3.8) is 0 Å². The summed E-state index contributed by atoms with van der Waals surface area (Å²) in [7, 11) is 1.47. The summed E-state index contributed by atoms with van der Waals surface area (Å²) in [6.07, 6.45) is 80.9. The van der Waals surface area contributed by atoms with Crippen LogP contribution < -0.4 is 5.32 Å². The minimum Gasteiger partial charge on any atom is -0.456 e. The Kier molecular flexibility index (Phi) is 56.4. The van der Waals surface area contributed by atoms with Crippen LogP contribution in [0.5, 0.6) is 0 Å². The highest BCUT2D eigenvalue weighted by Crippen LogP contribution is 2.43. The Labute approximate surface area is 493 Å². The van der Waals surface area contributed by atoms with Crippen molar-refractivity contribution in [3.8, 4) is 0 Å². The topological polar surface area (TPSA) is 111 Å². The molecular formula is C70H124N2O7P+. The zero-order valence-corrected chi connectivity index (χ0v) is 53.4. The number of carbonyl (C=O) groups excluding carboxylic acids is 2. The highest BCUT2D eigenvalue weighted by Gasteiger charge is 2.30. The number of nitrogens with one attached hydrogen (secondary N) is 1. The molecule has 0 aromatic carbocycles. The van der Waals surface area contributed by atoms with Crippen molar-refractivity contribution in [2.24, 2.45) is 0 Å².